The highest BCUT2D eigenvalue weighted by molar-refractivity contribution is 9.10. The maximum Gasteiger partial charge on any atom is 0.275 e. The van der Waals surface area contributed by atoms with Gasteiger partial charge in [-0.3, -0.25) is 4.79 Å². The molecule has 20 heavy (non-hydrogen) atoms. The predicted molar refractivity (Wildman–Crippen MR) is 85.0 cm³/mol. The van der Waals surface area contributed by atoms with Crippen molar-refractivity contribution in [2.24, 2.45) is 5.10 Å². The highest BCUT2D eigenvalue weighted by Crippen LogP contribution is 2.21. The number of nitrogens with one attached hydrogen (secondary N) is 1. The molecule has 2 aromatic carbocycles. The summed E-state index contributed by atoms with van der Waals surface area (Å²) in [6.07, 6.45) is 1.53. The van der Waals surface area contributed by atoms with Crippen molar-refractivity contribution in [3.05, 3.63) is 62.5 Å². The maximum atomic E-state index is 11.9. The number of phenolic OH excluding ortho intramolecular Hbond substituents is 1. The summed E-state index contributed by atoms with van der Waals surface area (Å²) in [6.45, 7) is 0. The van der Waals surface area contributed by atoms with E-state index in [1.54, 1.807) is 6.07 Å². The van der Waals surface area contributed by atoms with Gasteiger partial charge in [0.2, 0.25) is 0 Å². The normalized spacial score (nSPS) is 10.7. The summed E-state index contributed by atoms with van der Waals surface area (Å²) >= 11 is 6.59. The molecule has 6 heteroatoms. The second-order valence-electron chi connectivity index (χ2n) is 3.92. The summed E-state index contributed by atoms with van der Waals surface area (Å²) in [7, 11) is 0. The number of hydrogen-bond acceptors (Lipinski definition) is 3. The number of carbonyl (C=O) groups is 1. The molecule has 102 valence electrons. The predicted octanol–water partition coefficient (Wildman–Crippen LogP) is 3.68. The third kappa shape index (κ3) is 3.91. The minimum absolute atomic E-state index is 0.0941. The van der Waals surface area contributed by atoms with Crippen LogP contribution < -0.4 is 5.43 Å². The Bertz CT molecular complexity index is 672. The van der Waals surface area contributed by atoms with Gasteiger partial charge < -0.3 is 5.11 Å². The third-order valence-electron chi connectivity index (χ3n) is 2.43. The van der Waals surface area contributed by atoms with Crippen LogP contribution in [-0.2, 0) is 0 Å². The van der Waals surface area contributed by atoms with E-state index in [-0.39, 0.29) is 11.3 Å². The fourth-order valence-corrected chi connectivity index (χ4v) is 2.28. The highest BCUT2D eigenvalue weighted by atomic mass is 79.9. The number of hydrazone groups is 1. The molecule has 0 atom stereocenters. The van der Waals surface area contributed by atoms with E-state index in [1.807, 2.05) is 24.3 Å². The lowest BCUT2D eigenvalue weighted by molar-refractivity contribution is 0.0952. The lowest BCUT2D eigenvalue weighted by atomic mass is 10.2. The molecule has 0 radical (unpaired) electrons. The molecule has 0 unspecified atom stereocenters. The molecule has 0 spiro atoms. The van der Waals surface area contributed by atoms with E-state index in [0.717, 1.165) is 10.0 Å². The number of phenols is 1. The molecule has 0 saturated heterocycles. The SMILES string of the molecule is O=C(N/N=C/c1cccc(Br)c1)c1cc(Br)ccc1O. The van der Waals surface area contributed by atoms with Gasteiger partial charge in [0, 0.05) is 8.95 Å². The van der Waals surface area contributed by atoms with Crippen molar-refractivity contribution in [3.63, 3.8) is 0 Å². The van der Waals surface area contributed by atoms with Gasteiger partial charge in [0.15, 0.2) is 0 Å². The Morgan fingerprint density at radius 1 is 1.15 bits per heavy atom. The van der Waals surface area contributed by atoms with Crippen LogP contribution in [0.15, 0.2) is 56.5 Å². The molecule has 0 aliphatic rings. The van der Waals surface area contributed by atoms with Crippen molar-refractivity contribution >= 4 is 44.0 Å². The van der Waals surface area contributed by atoms with E-state index in [4.69, 9.17) is 0 Å². The van der Waals surface area contributed by atoms with Crippen LogP contribution in [0.2, 0.25) is 0 Å². The second kappa shape index (κ2) is 6.67. The van der Waals surface area contributed by atoms with Crippen molar-refractivity contribution in [1.29, 1.82) is 0 Å². The Balaban J connectivity index is 2.07. The molecule has 0 heterocycles. The number of benzene rings is 2. The summed E-state index contributed by atoms with van der Waals surface area (Å²) in [4.78, 5) is 11.9. The van der Waals surface area contributed by atoms with Crippen LogP contribution >= 0.6 is 31.9 Å². The van der Waals surface area contributed by atoms with Crippen molar-refractivity contribution in [2.75, 3.05) is 0 Å². The van der Waals surface area contributed by atoms with Crippen LogP contribution in [-0.4, -0.2) is 17.2 Å². The van der Waals surface area contributed by atoms with Crippen LogP contribution in [0.1, 0.15) is 15.9 Å². The largest absolute Gasteiger partial charge is 0.507 e. The summed E-state index contributed by atoms with van der Waals surface area (Å²) in [5.41, 5.74) is 3.37. The molecule has 0 aliphatic heterocycles. The van der Waals surface area contributed by atoms with E-state index >= 15 is 0 Å². The van der Waals surface area contributed by atoms with Gasteiger partial charge in [-0.2, -0.15) is 5.10 Å². The van der Waals surface area contributed by atoms with Crippen LogP contribution in [0.5, 0.6) is 5.75 Å². The number of amides is 1. The molecule has 0 aromatic heterocycles. The van der Waals surface area contributed by atoms with Crippen LogP contribution in [0.4, 0.5) is 0 Å². The molecule has 2 rings (SSSR count). The quantitative estimate of drug-likeness (QED) is 0.612. The molecule has 0 fully saturated rings. The van der Waals surface area contributed by atoms with E-state index in [0.29, 0.717) is 4.47 Å². The summed E-state index contributed by atoms with van der Waals surface area (Å²) in [5, 5.41) is 13.5. The van der Waals surface area contributed by atoms with Gasteiger partial charge in [-0.15, -0.1) is 0 Å². The smallest absolute Gasteiger partial charge is 0.275 e. The molecule has 2 aromatic rings. The van der Waals surface area contributed by atoms with E-state index in [9.17, 15) is 9.90 Å². The zero-order valence-corrected chi connectivity index (χ0v) is 13.3. The molecule has 0 bridgehead atoms. The number of aromatic hydroxyl groups is 1. The van der Waals surface area contributed by atoms with Gasteiger partial charge in [-0.05, 0) is 35.9 Å². The fourth-order valence-electron chi connectivity index (χ4n) is 1.50. The lowest BCUT2D eigenvalue weighted by Crippen LogP contribution is -2.17. The maximum absolute atomic E-state index is 11.9. The summed E-state index contributed by atoms with van der Waals surface area (Å²) < 4.78 is 1.63. The first-order chi connectivity index (χ1) is 9.56. The van der Waals surface area contributed by atoms with Gasteiger partial charge in [0.05, 0.1) is 11.8 Å². The Labute approximate surface area is 132 Å². The first-order valence-electron chi connectivity index (χ1n) is 5.64. The zero-order valence-electron chi connectivity index (χ0n) is 10.2. The minimum atomic E-state index is -0.477. The van der Waals surface area contributed by atoms with Crippen LogP contribution in [0.25, 0.3) is 0 Å². The molecular weight excluding hydrogens is 388 g/mol. The van der Waals surface area contributed by atoms with Gasteiger partial charge in [0.1, 0.15) is 5.75 Å². The monoisotopic (exact) mass is 396 g/mol. The Hall–Kier alpha value is -1.66. The molecule has 0 saturated carbocycles. The van der Waals surface area contributed by atoms with Gasteiger partial charge in [-0.1, -0.05) is 44.0 Å². The van der Waals surface area contributed by atoms with Crippen LogP contribution in [0, 0.1) is 0 Å². The van der Waals surface area contributed by atoms with Crippen molar-refractivity contribution < 1.29 is 9.90 Å². The summed E-state index contributed by atoms with van der Waals surface area (Å²) in [6, 6.07) is 12.1. The first kappa shape index (κ1) is 14.7. The Kier molecular flexibility index (Phi) is 4.92. The number of rotatable bonds is 3. The Morgan fingerprint density at radius 3 is 2.65 bits per heavy atom. The Morgan fingerprint density at radius 2 is 1.90 bits per heavy atom. The van der Waals surface area contributed by atoms with E-state index < -0.39 is 5.91 Å². The fraction of sp³-hybridized carbons (Fsp3) is 0. The molecular formula is C14H10Br2N2O2. The van der Waals surface area contributed by atoms with E-state index in [1.165, 1.54) is 18.3 Å². The minimum Gasteiger partial charge on any atom is -0.507 e. The third-order valence-corrected chi connectivity index (χ3v) is 3.42. The number of nitrogens with zero attached hydrogens (tertiary/aromatic N) is 1. The van der Waals surface area contributed by atoms with Crippen LogP contribution in [0.3, 0.4) is 0 Å². The molecule has 4 nitrogen and oxygen atoms in total. The number of carbonyl (C=O) groups excluding carboxylic acids is 1. The van der Waals surface area contributed by atoms with E-state index in [2.05, 4.69) is 42.4 Å². The first-order valence-corrected chi connectivity index (χ1v) is 7.22. The topological polar surface area (TPSA) is 61.7 Å². The van der Waals surface area contributed by atoms with Crippen molar-refractivity contribution in [3.8, 4) is 5.75 Å². The standard InChI is InChI=1S/C14H10Br2N2O2/c15-10-3-1-2-9(6-10)8-17-18-14(20)12-7-11(16)4-5-13(12)19/h1-8,19H,(H,18,20)/b17-8+. The number of halogens is 2. The zero-order chi connectivity index (χ0) is 14.5. The van der Waals surface area contributed by atoms with Crippen molar-refractivity contribution in [1.82, 2.24) is 5.43 Å². The second-order valence-corrected chi connectivity index (χ2v) is 5.75. The highest BCUT2D eigenvalue weighted by Gasteiger charge is 2.10. The van der Waals surface area contributed by atoms with Gasteiger partial charge >= 0.3 is 0 Å². The molecule has 2 N–H and O–H groups in total. The van der Waals surface area contributed by atoms with Gasteiger partial charge in [0.25, 0.3) is 5.91 Å². The summed E-state index contributed by atoms with van der Waals surface area (Å²) in [5.74, 6) is -0.571. The lowest BCUT2D eigenvalue weighted by Gasteiger charge is -2.03. The van der Waals surface area contributed by atoms with Crippen molar-refractivity contribution in [2.45, 2.75) is 0 Å². The molecule has 1 amide bonds. The van der Waals surface area contributed by atoms with Gasteiger partial charge in [-0.25, -0.2) is 5.43 Å². The average Bonchev–Trinajstić information content (AvgIpc) is 2.41. The number of hydrogen-bond donors (Lipinski definition) is 2. The average molecular weight is 398 g/mol. The molecule has 0 aliphatic carbocycles.